The molecular formula is C36H51ClN4O10. The molecule has 3 amide bonds. The van der Waals surface area contributed by atoms with Crippen molar-refractivity contribution >= 4 is 41.2 Å². The molecule has 1 aromatic carbocycles. The second-order valence-corrected chi connectivity index (χ2v) is 14.1. The molecule has 3 aliphatic rings. The molecule has 282 valence electrons. The maximum atomic E-state index is 14.1. The number of aliphatic hydroxyl groups is 1. The van der Waals surface area contributed by atoms with Gasteiger partial charge in [-0.05, 0) is 51.9 Å². The molecule has 1 aromatic rings. The predicted octanol–water partition coefficient (Wildman–Crippen LogP) is 3.12. The van der Waals surface area contributed by atoms with Crippen LogP contribution in [-0.4, -0.2) is 118 Å². The summed E-state index contributed by atoms with van der Waals surface area (Å²) in [7, 11) is 7.74. The van der Waals surface area contributed by atoms with Crippen molar-refractivity contribution in [1.82, 2.24) is 15.5 Å². The monoisotopic (exact) mass is 734 g/mol. The maximum Gasteiger partial charge on any atom is 0.409 e. The van der Waals surface area contributed by atoms with Crippen molar-refractivity contribution in [1.29, 1.82) is 0 Å². The zero-order valence-electron chi connectivity index (χ0n) is 30.8. The van der Waals surface area contributed by atoms with Gasteiger partial charge in [0.25, 0.3) is 0 Å². The summed E-state index contributed by atoms with van der Waals surface area (Å²) in [6, 6.07) is 2.62. The van der Waals surface area contributed by atoms with Crippen LogP contribution in [0.5, 0.6) is 5.75 Å². The summed E-state index contributed by atoms with van der Waals surface area (Å²) in [5, 5.41) is 17.4. The minimum atomic E-state index is -1.82. The first-order valence-corrected chi connectivity index (χ1v) is 17.4. The normalized spacial score (nSPS) is 30.3. The van der Waals surface area contributed by atoms with Crippen LogP contribution in [0.2, 0.25) is 5.02 Å². The summed E-state index contributed by atoms with van der Waals surface area (Å²) in [4.78, 5) is 55.9. The number of halogens is 1. The molecule has 2 saturated heterocycles. The van der Waals surface area contributed by atoms with Crippen LogP contribution in [0.15, 0.2) is 35.9 Å². The lowest BCUT2D eigenvalue weighted by molar-refractivity contribution is -0.162. The van der Waals surface area contributed by atoms with Gasteiger partial charge in [0.05, 0.1) is 25.3 Å². The number of rotatable bonds is 8. The van der Waals surface area contributed by atoms with Crippen molar-refractivity contribution < 1.29 is 48.0 Å². The van der Waals surface area contributed by atoms with Gasteiger partial charge in [0, 0.05) is 46.5 Å². The minimum Gasteiger partial charge on any atom is -0.495 e. The fourth-order valence-electron chi connectivity index (χ4n) is 6.63. The van der Waals surface area contributed by atoms with E-state index in [1.54, 1.807) is 59.2 Å². The van der Waals surface area contributed by atoms with Crippen LogP contribution in [0.1, 0.15) is 52.5 Å². The molecule has 3 N–H and O–H groups in total. The number of nitrogens with zero attached hydrogens (tertiary/aromatic N) is 2. The summed E-state index contributed by atoms with van der Waals surface area (Å²) in [6.07, 6.45) is 1.15. The number of epoxide rings is 1. The number of benzene rings is 1. The highest BCUT2D eigenvalue weighted by atomic mass is 35.5. The van der Waals surface area contributed by atoms with E-state index in [1.807, 2.05) is 13.0 Å². The van der Waals surface area contributed by atoms with E-state index in [1.165, 1.54) is 31.1 Å². The maximum absolute atomic E-state index is 14.1. The smallest absolute Gasteiger partial charge is 0.409 e. The number of fused-ring (bicyclic) bond motifs is 5. The van der Waals surface area contributed by atoms with Gasteiger partial charge in [-0.3, -0.25) is 14.9 Å². The largest absolute Gasteiger partial charge is 0.495 e. The Morgan fingerprint density at radius 2 is 1.98 bits per heavy atom. The number of allylic oxidation sites excluding steroid dienone is 3. The minimum absolute atomic E-state index is 0.0474. The second kappa shape index (κ2) is 16.3. The van der Waals surface area contributed by atoms with Crippen molar-refractivity contribution in [2.75, 3.05) is 46.8 Å². The Bertz CT molecular complexity index is 1550. The Morgan fingerprint density at radius 3 is 2.63 bits per heavy atom. The van der Waals surface area contributed by atoms with Crippen molar-refractivity contribution in [3.05, 3.63) is 46.5 Å². The molecule has 4 rings (SSSR count). The molecule has 2 fully saturated rings. The Hall–Kier alpha value is -3.69. The quantitative estimate of drug-likeness (QED) is 0.265. The van der Waals surface area contributed by atoms with Crippen molar-refractivity contribution in [3.8, 4) is 5.75 Å². The number of carbonyl (C=O) groups excluding carboxylic acids is 4. The topological polar surface area (TPSA) is 169 Å². The first-order chi connectivity index (χ1) is 24.0. The predicted molar refractivity (Wildman–Crippen MR) is 189 cm³/mol. The van der Waals surface area contributed by atoms with Gasteiger partial charge in [0.1, 0.15) is 40.7 Å². The average Bonchev–Trinajstić information content (AvgIpc) is 3.79. The van der Waals surface area contributed by atoms with Crippen molar-refractivity contribution in [2.45, 2.75) is 95.2 Å². The summed E-state index contributed by atoms with van der Waals surface area (Å²) in [5.41, 5.74) is -0.896. The lowest BCUT2D eigenvalue weighted by Crippen LogP contribution is -2.63. The average molecular weight is 735 g/mol. The number of methoxy groups -OCH3 is 2. The Labute approximate surface area is 304 Å². The Morgan fingerprint density at radius 1 is 1.27 bits per heavy atom. The van der Waals surface area contributed by atoms with Crippen LogP contribution in [-0.2, 0) is 39.8 Å². The third-order valence-electron chi connectivity index (χ3n) is 10.1. The van der Waals surface area contributed by atoms with Crippen LogP contribution in [0.25, 0.3) is 0 Å². The van der Waals surface area contributed by atoms with Crippen molar-refractivity contribution in [2.24, 2.45) is 5.92 Å². The van der Waals surface area contributed by atoms with Crippen LogP contribution in [0, 0.1) is 5.92 Å². The number of likely N-dealkylation sites (N-methyl/N-ethyl adjacent to an activating group) is 1. The number of ether oxygens (including phenoxy) is 5. The van der Waals surface area contributed by atoms with E-state index in [9.17, 15) is 24.3 Å². The molecular weight excluding hydrogens is 684 g/mol. The third kappa shape index (κ3) is 8.86. The molecule has 0 radical (unpaired) electrons. The molecule has 14 nitrogen and oxygen atoms in total. The van der Waals surface area contributed by atoms with Gasteiger partial charge in [-0.2, -0.15) is 0 Å². The molecule has 4 bridgehead atoms. The van der Waals surface area contributed by atoms with E-state index in [-0.39, 0.29) is 30.2 Å². The van der Waals surface area contributed by atoms with E-state index >= 15 is 0 Å². The Kier molecular flexibility index (Phi) is 12.8. The van der Waals surface area contributed by atoms with Gasteiger partial charge in [-0.15, -0.1) is 0 Å². The summed E-state index contributed by atoms with van der Waals surface area (Å²) >= 11 is 6.74. The molecule has 8 unspecified atom stereocenters. The zero-order chi connectivity index (χ0) is 37.8. The van der Waals surface area contributed by atoms with Gasteiger partial charge in [-0.25, -0.2) is 9.59 Å². The molecule has 3 aliphatic heterocycles. The van der Waals surface area contributed by atoms with Crippen molar-refractivity contribution in [3.63, 3.8) is 0 Å². The van der Waals surface area contributed by atoms with E-state index < -0.39 is 65.7 Å². The first-order valence-electron chi connectivity index (χ1n) is 17.0. The summed E-state index contributed by atoms with van der Waals surface area (Å²) in [6.45, 7) is 7.42. The number of hydrogen-bond donors (Lipinski definition) is 3. The highest BCUT2D eigenvalue weighted by Gasteiger charge is 2.64. The highest BCUT2D eigenvalue weighted by molar-refractivity contribution is 6.35. The number of amides is 3. The van der Waals surface area contributed by atoms with Crippen LogP contribution >= 0.6 is 11.6 Å². The molecule has 51 heavy (non-hydrogen) atoms. The van der Waals surface area contributed by atoms with Gasteiger partial charge < -0.3 is 43.9 Å². The molecule has 0 spiro atoms. The number of alkyl carbamates (subject to hydrolysis) is 1. The lowest BCUT2D eigenvalue weighted by atomic mass is 9.83. The Balaban J connectivity index is 1.76. The molecule has 8 atom stereocenters. The first kappa shape index (κ1) is 40.1. The summed E-state index contributed by atoms with van der Waals surface area (Å²) < 4.78 is 29.1. The lowest BCUT2D eigenvalue weighted by Gasteiger charge is -2.42. The number of anilines is 1. The highest BCUT2D eigenvalue weighted by Crippen LogP contribution is 2.49. The van der Waals surface area contributed by atoms with Gasteiger partial charge in [0.15, 0.2) is 5.72 Å². The van der Waals surface area contributed by atoms with Crippen LogP contribution in [0.4, 0.5) is 10.5 Å². The fraction of sp³-hybridized carbons (Fsp3) is 0.611. The number of hydrogen-bond acceptors (Lipinski definition) is 11. The molecule has 0 aliphatic carbocycles. The molecule has 0 aromatic heterocycles. The van der Waals surface area contributed by atoms with E-state index in [0.29, 0.717) is 24.4 Å². The SMILES string of the molecule is CNCCC(=O)N(C)C(C)C(=O)OC1CC(=O)N(C)c2cc(cc(OC)c2Cl)CC(C)=CC=CC(OC)C2(O)CC(OC(=O)N2)C(C)C2OC12C. The van der Waals surface area contributed by atoms with Gasteiger partial charge in [-0.1, -0.05) is 42.3 Å². The third-order valence-corrected chi connectivity index (χ3v) is 10.5. The number of esters is 1. The number of carbonyl (C=O) groups is 4. The number of nitrogens with one attached hydrogen (secondary N) is 2. The summed E-state index contributed by atoms with van der Waals surface area (Å²) in [5.74, 6) is -1.56. The van der Waals surface area contributed by atoms with Crippen LogP contribution in [0.3, 0.4) is 0 Å². The van der Waals surface area contributed by atoms with E-state index in [0.717, 1.165) is 11.1 Å². The van der Waals surface area contributed by atoms with E-state index in [2.05, 4.69) is 10.6 Å². The molecule has 15 heteroatoms. The molecule has 3 heterocycles. The van der Waals surface area contributed by atoms with Gasteiger partial charge in [0.2, 0.25) is 11.8 Å². The second-order valence-electron chi connectivity index (χ2n) is 13.8. The van der Waals surface area contributed by atoms with Crippen LogP contribution < -0.4 is 20.3 Å². The fourth-order valence-corrected chi connectivity index (χ4v) is 6.94. The van der Waals surface area contributed by atoms with Gasteiger partial charge >= 0.3 is 12.1 Å². The molecule has 0 saturated carbocycles. The standard InChI is InChI=1S/C36H51ClN4O10/c1-20-11-10-12-27(48-9)36(46)19-26(49-34(45)39-36)21(2)32-35(4,51-32)28(50-33(44)22(3)40(6)29(42)13-14-38-5)18-30(43)41(7)24-16-23(15-20)17-25(47-8)31(24)37/h10-12,16-17,21-22,26-28,32,38,46H,13-15,18-19H2,1-9H3,(H,39,45). The zero-order valence-corrected chi connectivity index (χ0v) is 31.5. The van der Waals surface area contributed by atoms with E-state index in [4.69, 9.17) is 35.3 Å².